The topological polar surface area (TPSA) is 67.9 Å². The zero-order valence-electron chi connectivity index (χ0n) is 20.8. The van der Waals surface area contributed by atoms with Gasteiger partial charge in [-0.05, 0) is 84.2 Å². The van der Waals surface area contributed by atoms with Crippen LogP contribution >= 0.6 is 0 Å². The van der Waals surface area contributed by atoms with Crippen LogP contribution in [0, 0.1) is 45.4 Å². The van der Waals surface area contributed by atoms with Crippen LogP contribution in [0.15, 0.2) is 0 Å². The Labute approximate surface area is 193 Å². The van der Waals surface area contributed by atoms with Crippen molar-refractivity contribution in [3.05, 3.63) is 23.3 Å². The van der Waals surface area contributed by atoms with Crippen LogP contribution in [-0.4, -0.2) is 78.6 Å². The lowest BCUT2D eigenvalue weighted by Crippen LogP contribution is -2.44. The summed E-state index contributed by atoms with van der Waals surface area (Å²) in [4.78, 5) is 14.3. The summed E-state index contributed by atoms with van der Waals surface area (Å²) in [5, 5.41) is 9.16. The minimum absolute atomic E-state index is 0.685. The van der Waals surface area contributed by atoms with E-state index >= 15 is 0 Å². The predicted molar refractivity (Wildman–Crippen MR) is 126 cm³/mol. The number of rotatable bonds is 8. The highest BCUT2D eigenvalue weighted by molar-refractivity contribution is 4.90. The van der Waals surface area contributed by atoms with Gasteiger partial charge in [-0.15, -0.1) is 0 Å². The molecule has 0 spiro atoms. The summed E-state index contributed by atoms with van der Waals surface area (Å²) in [6.45, 7) is 19.8. The van der Waals surface area contributed by atoms with Crippen molar-refractivity contribution in [3.63, 3.8) is 0 Å². The second-order valence-electron chi connectivity index (χ2n) is 10.4. The molecule has 178 valence electrons. The Morgan fingerprint density at radius 1 is 0.750 bits per heavy atom. The van der Waals surface area contributed by atoms with Crippen LogP contribution in [0.4, 0.5) is 0 Å². The van der Waals surface area contributed by atoms with Gasteiger partial charge >= 0.3 is 0 Å². The van der Waals surface area contributed by atoms with Crippen LogP contribution in [0.1, 0.15) is 55.9 Å². The van der Waals surface area contributed by atoms with E-state index in [1.54, 1.807) is 0 Å². The Morgan fingerprint density at radius 3 is 1.56 bits per heavy atom. The van der Waals surface area contributed by atoms with E-state index < -0.39 is 0 Å². The van der Waals surface area contributed by atoms with Gasteiger partial charge in [0.1, 0.15) is 23.3 Å². The zero-order chi connectivity index (χ0) is 22.7. The monoisotopic (exact) mass is 442 g/mol. The molecule has 0 saturated carbocycles. The van der Waals surface area contributed by atoms with Crippen molar-refractivity contribution in [3.8, 4) is 0 Å². The molecule has 2 saturated heterocycles. The Morgan fingerprint density at radius 2 is 1.19 bits per heavy atom. The first kappa shape index (κ1) is 23.4. The first-order chi connectivity index (χ1) is 15.4. The minimum atomic E-state index is 0.685. The molecule has 0 radical (unpaired) electrons. The summed E-state index contributed by atoms with van der Waals surface area (Å²) < 4.78 is 4.22. The smallest absolute Gasteiger partial charge is 0.147 e. The maximum absolute atomic E-state index is 4.58. The van der Waals surface area contributed by atoms with Gasteiger partial charge in [-0.1, -0.05) is 6.92 Å². The standard InChI is InChI=1S/C24H42N8/c1-18(12-29-10-6-8-23(14-29)16-31-21(4)25-19(2)27-31)13-30-11-7-9-24(15-30)17-32-22(5)26-20(3)28-32/h18,23-24H,6-17H2,1-5H3. The number of aryl methyl sites for hydroxylation is 4. The van der Waals surface area contributed by atoms with Gasteiger partial charge < -0.3 is 9.80 Å². The van der Waals surface area contributed by atoms with E-state index in [2.05, 4.69) is 60.1 Å². The lowest BCUT2D eigenvalue weighted by molar-refractivity contribution is 0.105. The maximum atomic E-state index is 4.58. The van der Waals surface area contributed by atoms with Gasteiger partial charge in [-0.2, -0.15) is 10.2 Å². The van der Waals surface area contributed by atoms with E-state index in [0.29, 0.717) is 17.8 Å². The zero-order valence-corrected chi connectivity index (χ0v) is 20.8. The Kier molecular flexibility index (Phi) is 7.61. The SMILES string of the molecule is Cc1nc(C)n(CC2CCCN(CC(C)CN3CCCC(Cn4nc(C)nc4C)C3)C2)n1. The number of hydrogen-bond donors (Lipinski definition) is 0. The molecule has 0 aromatic carbocycles. The van der Waals surface area contributed by atoms with Crippen molar-refractivity contribution in [2.75, 3.05) is 39.3 Å². The number of nitrogens with zero attached hydrogens (tertiary/aromatic N) is 8. The molecule has 2 unspecified atom stereocenters. The number of piperidine rings is 2. The largest absolute Gasteiger partial charge is 0.303 e. The molecule has 0 aliphatic carbocycles. The van der Waals surface area contributed by atoms with E-state index in [1.807, 2.05) is 13.8 Å². The molecule has 4 heterocycles. The van der Waals surface area contributed by atoms with E-state index in [0.717, 1.165) is 36.4 Å². The van der Waals surface area contributed by atoms with E-state index in [-0.39, 0.29) is 0 Å². The molecule has 2 aliphatic heterocycles. The fourth-order valence-corrected chi connectivity index (χ4v) is 5.83. The van der Waals surface area contributed by atoms with Crippen LogP contribution in [0.25, 0.3) is 0 Å². The maximum Gasteiger partial charge on any atom is 0.147 e. The van der Waals surface area contributed by atoms with Crippen LogP contribution in [0.2, 0.25) is 0 Å². The molecule has 2 atom stereocenters. The van der Waals surface area contributed by atoms with Crippen molar-refractivity contribution in [1.82, 2.24) is 39.3 Å². The van der Waals surface area contributed by atoms with Gasteiger partial charge in [0.05, 0.1) is 0 Å². The lowest BCUT2D eigenvalue weighted by Gasteiger charge is -2.37. The molecular formula is C24H42N8. The average Bonchev–Trinajstić information content (AvgIpc) is 3.21. The second-order valence-corrected chi connectivity index (χ2v) is 10.4. The molecule has 0 N–H and O–H groups in total. The van der Waals surface area contributed by atoms with E-state index in [4.69, 9.17) is 0 Å². The van der Waals surface area contributed by atoms with Crippen LogP contribution in [-0.2, 0) is 13.1 Å². The Bertz CT molecular complexity index is 801. The molecular weight excluding hydrogens is 400 g/mol. The quantitative estimate of drug-likeness (QED) is 0.626. The summed E-state index contributed by atoms with van der Waals surface area (Å²) in [5.74, 6) is 5.93. The van der Waals surface area contributed by atoms with Crippen molar-refractivity contribution < 1.29 is 0 Å². The third kappa shape index (κ3) is 6.16. The lowest BCUT2D eigenvalue weighted by atomic mass is 9.95. The molecule has 2 fully saturated rings. The molecule has 0 bridgehead atoms. The first-order valence-corrected chi connectivity index (χ1v) is 12.6. The van der Waals surface area contributed by atoms with Crippen molar-refractivity contribution >= 4 is 0 Å². The van der Waals surface area contributed by atoms with Gasteiger partial charge in [-0.3, -0.25) is 0 Å². The first-order valence-electron chi connectivity index (χ1n) is 12.6. The van der Waals surface area contributed by atoms with E-state index in [1.165, 1.54) is 65.0 Å². The fourth-order valence-electron chi connectivity index (χ4n) is 5.83. The molecule has 32 heavy (non-hydrogen) atoms. The molecule has 2 aromatic heterocycles. The highest BCUT2D eigenvalue weighted by atomic mass is 15.4. The summed E-state index contributed by atoms with van der Waals surface area (Å²) in [6, 6.07) is 0. The summed E-state index contributed by atoms with van der Waals surface area (Å²) in [7, 11) is 0. The minimum Gasteiger partial charge on any atom is -0.303 e. The number of likely N-dealkylation sites (tertiary alicyclic amines) is 2. The number of hydrogen-bond acceptors (Lipinski definition) is 6. The average molecular weight is 443 g/mol. The van der Waals surface area contributed by atoms with Crippen LogP contribution in [0.3, 0.4) is 0 Å². The molecule has 8 nitrogen and oxygen atoms in total. The van der Waals surface area contributed by atoms with Crippen molar-refractivity contribution in [2.45, 2.75) is 73.4 Å². The van der Waals surface area contributed by atoms with Crippen molar-refractivity contribution in [1.29, 1.82) is 0 Å². The Hall–Kier alpha value is -1.80. The van der Waals surface area contributed by atoms with Crippen molar-refractivity contribution in [2.24, 2.45) is 17.8 Å². The second kappa shape index (κ2) is 10.4. The summed E-state index contributed by atoms with van der Waals surface area (Å²) in [5.41, 5.74) is 0. The van der Waals surface area contributed by atoms with Gasteiger partial charge in [0, 0.05) is 39.3 Å². The van der Waals surface area contributed by atoms with Gasteiger partial charge in [0.15, 0.2) is 0 Å². The highest BCUT2D eigenvalue weighted by Crippen LogP contribution is 2.22. The normalized spacial score (nSPS) is 24.2. The van der Waals surface area contributed by atoms with Crippen LogP contribution < -0.4 is 0 Å². The Balaban J connectivity index is 1.23. The third-order valence-corrected chi connectivity index (χ3v) is 7.13. The highest BCUT2D eigenvalue weighted by Gasteiger charge is 2.25. The molecule has 2 aromatic rings. The molecule has 8 heteroatoms. The number of aromatic nitrogens is 6. The third-order valence-electron chi connectivity index (χ3n) is 7.13. The van der Waals surface area contributed by atoms with Crippen LogP contribution in [0.5, 0.6) is 0 Å². The van der Waals surface area contributed by atoms with Gasteiger partial charge in [-0.25, -0.2) is 19.3 Å². The summed E-state index contributed by atoms with van der Waals surface area (Å²) >= 11 is 0. The predicted octanol–water partition coefficient (Wildman–Crippen LogP) is 2.86. The molecule has 0 amide bonds. The van der Waals surface area contributed by atoms with E-state index in [9.17, 15) is 0 Å². The molecule has 4 rings (SSSR count). The van der Waals surface area contributed by atoms with Gasteiger partial charge in [0.25, 0.3) is 0 Å². The van der Waals surface area contributed by atoms with Gasteiger partial charge in [0.2, 0.25) is 0 Å². The molecule has 2 aliphatic rings. The fraction of sp³-hybridized carbons (Fsp3) is 0.833. The summed E-state index contributed by atoms with van der Waals surface area (Å²) in [6.07, 6.45) is 5.20.